The van der Waals surface area contributed by atoms with Crippen LogP contribution in [0.4, 0.5) is 0 Å². The fourth-order valence-corrected chi connectivity index (χ4v) is 4.64. The molecule has 0 spiro atoms. The second-order valence-corrected chi connectivity index (χ2v) is 9.93. The molecule has 0 saturated carbocycles. The molecule has 0 atom stereocenters. The van der Waals surface area contributed by atoms with Crippen LogP contribution in [0.3, 0.4) is 0 Å². The van der Waals surface area contributed by atoms with Gasteiger partial charge in [0.15, 0.2) is 0 Å². The quantitative estimate of drug-likeness (QED) is 0.311. The van der Waals surface area contributed by atoms with Crippen molar-refractivity contribution in [2.24, 2.45) is 0 Å². The Morgan fingerprint density at radius 1 is 0.667 bits per heavy atom. The molecule has 0 fully saturated rings. The van der Waals surface area contributed by atoms with Crippen LogP contribution in [-0.2, 0) is 0 Å². The zero-order valence-corrected chi connectivity index (χ0v) is 20.7. The van der Waals surface area contributed by atoms with E-state index in [-0.39, 0.29) is 0 Å². The molecule has 2 aromatic carbocycles. The summed E-state index contributed by atoms with van der Waals surface area (Å²) in [5, 5.41) is 0.944. The van der Waals surface area contributed by atoms with Gasteiger partial charge in [0.1, 0.15) is 23.8 Å². The second-order valence-electron chi connectivity index (χ2n) is 9.53. The molecule has 0 aliphatic heterocycles. The Hall–Kier alpha value is -2.00. The van der Waals surface area contributed by atoms with Crippen LogP contribution in [0.5, 0.6) is 0 Å². The lowest BCUT2D eigenvalue weighted by atomic mass is 9.92. The van der Waals surface area contributed by atoms with Gasteiger partial charge in [-0.25, -0.2) is 0 Å². The molecule has 160 valence electrons. The molecule has 30 heavy (non-hydrogen) atoms. The van der Waals surface area contributed by atoms with Crippen LogP contribution in [0.2, 0.25) is 0 Å². The van der Waals surface area contributed by atoms with E-state index < -0.39 is 0 Å². The van der Waals surface area contributed by atoms with Gasteiger partial charge in [0, 0.05) is 22.3 Å². The summed E-state index contributed by atoms with van der Waals surface area (Å²) in [6.45, 7) is 18.1. The highest BCUT2D eigenvalue weighted by atomic mass is 32.1. The van der Waals surface area contributed by atoms with E-state index in [1.165, 1.54) is 33.6 Å². The van der Waals surface area contributed by atoms with Gasteiger partial charge in [0.05, 0.1) is 0 Å². The third-order valence-corrected chi connectivity index (χ3v) is 6.39. The zero-order valence-electron chi connectivity index (χ0n) is 19.8. The molecule has 3 aromatic rings. The maximum atomic E-state index is 5.07. The monoisotopic (exact) mass is 421 g/mol. The third kappa shape index (κ3) is 4.09. The summed E-state index contributed by atoms with van der Waals surface area (Å²) in [7, 11) is 0. The van der Waals surface area contributed by atoms with E-state index in [4.69, 9.17) is 12.6 Å². The van der Waals surface area contributed by atoms with Crippen molar-refractivity contribution < 1.29 is 4.57 Å². The number of thiol groups is 1. The Morgan fingerprint density at radius 2 is 1.07 bits per heavy atom. The van der Waals surface area contributed by atoms with Crippen molar-refractivity contribution in [2.45, 2.75) is 84.2 Å². The van der Waals surface area contributed by atoms with Gasteiger partial charge in [-0.2, -0.15) is 9.13 Å². The van der Waals surface area contributed by atoms with Crippen LogP contribution >= 0.6 is 12.6 Å². The minimum absolute atomic E-state index is 0.441. The van der Waals surface area contributed by atoms with Crippen LogP contribution < -0.4 is 4.57 Å². The first-order valence-electron chi connectivity index (χ1n) is 11.2. The maximum absolute atomic E-state index is 5.07. The van der Waals surface area contributed by atoms with E-state index in [1.54, 1.807) is 0 Å². The third-order valence-electron chi connectivity index (χ3n) is 5.96. The first-order chi connectivity index (χ1) is 14.1. The molecule has 0 aliphatic rings. The number of hydrogen-bond acceptors (Lipinski definition) is 1. The molecule has 0 saturated heterocycles. The minimum atomic E-state index is 0.441. The van der Waals surface area contributed by atoms with E-state index >= 15 is 0 Å². The molecule has 3 rings (SSSR count). The molecule has 0 aliphatic carbocycles. The molecular formula is C27H37N2S+. The number of benzene rings is 2. The average molecular weight is 422 g/mol. The number of rotatable bonds is 6. The highest BCUT2D eigenvalue weighted by Gasteiger charge is 2.27. The van der Waals surface area contributed by atoms with E-state index in [2.05, 4.69) is 113 Å². The number of imidazole rings is 1. The van der Waals surface area contributed by atoms with Crippen LogP contribution in [0.1, 0.15) is 101 Å². The summed E-state index contributed by atoms with van der Waals surface area (Å²) < 4.78 is 4.55. The van der Waals surface area contributed by atoms with E-state index in [0.29, 0.717) is 23.7 Å². The van der Waals surface area contributed by atoms with Gasteiger partial charge >= 0.3 is 5.16 Å². The zero-order chi connectivity index (χ0) is 22.2. The molecular weight excluding hydrogens is 384 g/mol. The summed E-state index contributed by atoms with van der Waals surface area (Å²) in [5.41, 5.74) is 8.00. The molecule has 0 unspecified atom stereocenters. The van der Waals surface area contributed by atoms with Crippen molar-refractivity contribution in [3.05, 3.63) is 71.0 Å². The molecule has 3 heteroatoms. The maximum Gasteiger partial charge on any atom is 0.325 e. The number of nitrogens with zero attached hydrogens (tertiary/aromatic N) is 2. The molecule has 0 N–H and O–H groups in total. The lowest BCUT2D eigenvalue weighted by Gasteiger charge is -2.18. The molecule has 0 radical (unpaired) electrons. The predicted molar refractivity (Wildman–Crippen MR) is 131 cm³/mol. The van der Waals surface area contributed by atoms with Gasteiger partial charge in [-0.05, 0) is 23.7 Å². The largest absolute Gasteiger partial charge is 0.325 e. The van der Waals surface area contributed by atoms with Crippen molar-refractivity contribution >= 4 is 12.6 Å². The Morgan fingerprint density at radius 3 is 1.47 bits per heavy atom. The van der Waals surface area contributed by atoms with Crippen molar-refractivity contribution in [1.82, 2.24) is 4.57 Å². The Kier molecular flexibility index (Phi) is 6.81. The van der Waals surface area contributed by atoms with Gasteiger partial charge in [0.2, 0.25) is 0 Å². The van der Waals surface area contributed by atoms with Crippen LogP contribution in [-0.4, -0.2) is 4.57 Å². The summed E-state index contributed by atoms with van der Waals surface area (Å²) in [5.74, 6) is 1.76. The van der Waals surface area contributed by atoms with Gasteiger partial charge in [-0.1, -0.05) is 104 Å². The first-order valence-corrected chi connectivity index (χ1v) is 11.7. The molecule has 0 amide bonds. The summed E-state index contributed by atoms with van der Waals surface area (Å²) >= 11 is 5.07. The predicted octanol–water partition coefficient (Wildman–Crippen LogP) is 7.54. The highest BCUT2D eigenvalue weighted by Crippen LogP contribution is 2.33. The van der Waals surface area contributed by atoms with Crippen LogP contribution in [0.15, 0.2) is 53.9 Å². The van der Waals surface area contributed by atoms with E-state index in [0.717, 1.165) is 5.16 Å². The van der Waals surface area contributed by atoms with E-state index in [1.807, 2.05) is 0 Å². The highest BCUT2D eigenvalue weighted by molar-refractivity contribution is 7.80. The Balaban J connectivity index is 2.32. The minimum Gasteiger partial charge on any atom is -0.189 e. The second kappa shape index (κ2) is 9.01. The standard InChI is InChI=1S/C27H36N2S/c1-17(2)21-11-9-12-22(18(3)4)25(21)28-15-16-29(27(28)30)26-23(19(5)6)13-10-14-24(26)20(7)8/h9-20H,1-8H3/p+1. The van der Waals surface area contributed by atoms with Crippen molar-refractivity contribution in [2.75, 3.05) is 0 Å². The fourth-order valence-electron chi connectivity index (χ4n) is 4.31. The fraction of sp³-hybridized carbons (Fsp3) is 0.444. The van der Waals surface area contributed by atoms with Crippen LogP contribution in [0.25, 0.3) is 11.4 Å². The molecule has 2 nitrogen and oxygen atoms in total. The SMILES string of the molecule is CC(C)c1cccc(C(C)C)c1-n1cc[n+](-c2c(C(C)C)cccc2C(C)C)c1S. The molecule has 1 heterocycles. The number of para-hydroxylation sites is 2. The number of aromatic nitrogens is 2. The summed E-state index contributed by atoms with van der Waals surface area (Å²) in [6, 6.07) is 13.4. The van der Waals surface area contributed by atoms with Gasteiger partial charge in [-0.15, -0.1) is 0 Å². The van der Waals surface area contributed by atoms with Crippen molar-refractivity contribution in [1.29, 1.82) is 0 Å². The summed E-state index contributed by atoms with van der Waals surface area (Å²) in [4.78, 5) is 0. The lowest BCUT2D eigenvalue weighted by molar-refractivity contribution is -0.637. The van der Waals surface area contributed by atoms with Crippen molar-refractivity contribution in [3.8, 4) is 11.4 Å². The lowest BCUT2D eigenvalue weighted by Crippen LogP contribution is -2.34. The Labute approximate surface area is 188 Å². The summed E-state index contributed by atoms with van der Waals surface area (Å²) in [6.07, 6.45) is 4.35. The smallest absolute Gasteiger partial charge is 0.189 e. The van der Waals surface area contributed by atoms with Gasteiger partial charge < -0.3 is 0 Å². The Bertz CT molecular complexity index is 892. The average Bonchev–Trinajstić information content (AvgIpc) is 3.07. The van der Waals surface area contributed by atoms with E-state index in [9.17, 15) is 0 Å². The van der Waals surface area contributed by atoms with Gasteiger partial charge in [-0.3, -0.25) is 0 Å². The normalized spacial score (nSPS) is 12.0. The van der Waals surface area contributed by atoms with Gasteiger partial charge in [0.25, 0.3) is 0 Å². The topological polar surface area (TPSA) is 8.81 Å². The molecule has 1 aromatic heterocycles. The number of hydrogen-bond donors (Lipinski definition) is 1. The van der Waals surface area contributed by atoms with Crippen LogP contribution in [0, 0.1) is 0 Å². The van der Waals surface area contributed by atoms with Crippen molar-refractivity contribution in [3.63, 3.8) is 0 Å². The first kappa shape index (κ1) is 22.7. The molecule has 0 bridgehead atoms.